The Bertz CT molecular complexity index is 890. The molecule has 0 bridgehead atoms. The van der Waals surface area contributed by atoms with E-state index in [2.05, 4.69) is 28.2 Å². The maximum Gasteiger partial charge on any atom is 0.233 e. The maximum absolute atomic E-state index is 13.0. The van der Waals surface area contributed by atoms with Gasteiger partial charge in [0.2, 0.25) is 5.91 Å². The Morgan fingerprint density at radius 2 is 1.75 bits per heavy atom. The third-order valence-corrected chi connectivity index (χ3v) is 5.98. The molecule has 2 aromatic heterocycles. The number of aryl methyl sites for hydroxylation is 2. The number of pyridine rings is 2. The second-order valence-corrected chi connectivity index (χ2v) is 8.09. The fourth-order valence-corrected chi connectivity index (χ4v) is 4.39. The molecule has 1 aliphatic carbocycles. The van der Waals surface area contributed by atoms with Gasteiger partial charge in [-0.1, -0.05) is 12.1 Å². The minimum Gasteiger partial charge on any atom is -0.333 e. The van der Waals surface area contributed by atoms with E-state index >= 15 is 0 Å². The van der Waals surface area contributed by atoms with E-state index < -0.39 is 0 Å². The van der Waals surface area contributed by atoms with Crippen molar-refractivity contribution in [1.29, 1.82) is 0 Å². The molecule has 2 heterocycles. The molecule has 1 aromatic carbocycles. The molecule has 0 aliphatic heterocycles. The molecule has 0 atom stereocenters. The number of carbonyl (C=O) groups is 1. The molecule has 1 amide bonds. The third kappa shape index (κ3) is 4.78. The molecular formula is C23H23N3OS. The average molecular weight is 390 g/mol. The summed E-state index contributed by atoms with van der Waals surface area (Å²) in [7, 11) is 0. The predicted octanol–water partition coefficient (Wildman–Crippen LogP) is 4.29. The summed E-state index contributed by atoms with van der Waals surface area (Å²) in [5.41, 5.74) is 5.02. The monoisotopic (exact) mass is 389 g/mol. The maximum atomic E-state index is 13.0. The Morgan fingerprint density at radius 3 is 2.57 bits per heavy atom. The summed E-state index contributed by atoms with van der Waals surface area (Å²) in [6, 6.07) is 14.5. The van der Waals surface area contributed by atoms with Crippen LogP contribution in [0.25, 0.3) is 0 Å². The number of nitrogens with zero attached hydrogens (tertiary/aromatic N) is 3. The lowest BCUT2D eigenvalue weighted by Crippen LogP contribution is -2.31. The molecular weight excluding hydrogens is 366 g/mol. The number of carbonyl (C=O) groups excluding carboxylic acids is 1. The number of benzene rings is 1. The highest BCUT2D eigenvalue weighted by Gasteiger charge is 2.16. The molecule has 0 N–H and O–H groups in total. The largest absolute Gasteiger partial charge is 0.333 e. The second kappa shape index (κ2) is 9.02. The lowest BCUT2D eigenvalue weighted by atomic mass is 10.1. The number of hydrogen-bond acceptors (Lipinski definition) is 4. The normalized spacial score (nSPS) is 12.6. The van der Waals surface area contributed by atoms with Gasteiger partial charge >= 0.3 is 0 Å². The van der Waals surface area contributed by atoms with Crippen molar-refractivity contribution in [1.82, 2.24) is 14.9 Å². The van der Waals surface area contributed by atoms with Crippen molar-refractivity contribution in [2.75, 3.05) is 5.75 Å². The molecule has 0 fully saturated rings. The lowest BCUT2D eigenvalue weighted by Gasteiger charge is -2.23. The smallest absolute Gasteiger partial charge is 0.233 e. The van der Waals surface area contributed by atoms with Crippen LogP contribution >= 0.6 is 11.8 Å². The molecule has 28 heavy (non-hydrogen) atoms. The second-order valence-electron chi connectivity index (χ2n) is 7.04. The van der Waals surface area contributed by atoms with Crippen molar-refractivity contribution in [3.05, 3.63) is 89.5 Å². The van der Waals surface area contributed by atoms with Gasteiger partial charge in [0.25, 0.3) is 0 Å². The number of fused-ring (bicyclic) bond motifs is 1. The number of aromatic nitrogens is 2. The molecule has 5 heteroatoms. The van der Waals surface area contributed by atoms with Crippen LogP contribution in [0.1, 0.15) is 28.7 Å². The topological polar surface area (TPSA) is 46.1 Å². The van der Waals surface area contributed by atoms with Gasteiger partial charge in [0.05, 0.1) is 5.75 Å². The van der Waals surface area contributed by atoms with E-state index in [0.29, 0.717) is 18.8 Å². The van der Waals surface area contributed by atoms with E-state index in [1.807, 2.05) is 35.4 Å². The summed E-state index contributed by atoms with van der Waals surface area (Å²) in [5.74, 6) is 0.565. The molecule has 4 rings (SSSR count). The van der Waals surface area contributed by atoms with Gasteiger partial charge in [-0.3, -0.25) is 14.8 Å². The summed E-state index contributed by atoms with van der Waals surface area (Å²) >= 11 is 1.62. The molecule has 0 saturated heterocycles. The number of amides is 1. The molecule has 4 nitrogen and oxygen atoms in total. The highest BCUT2D eigenvalue weighted by molar-refractivity contribution is 8.00. The van der Waals surface area contributed by atoms with Gasteiger partial charge in [-0.15, -0.1) is 11.8 Å². The summed E-state index contributed by atoms with van der Waals surface area (Å²) in [6.45, 7) is 1.13. The van der Waals surface area contributed by atoms with Gasteiger partial charge in [-0.25, -0.2) is 0 Å². The van der Waals surface area contributed by atoms with Crippen molar-refractivity contribution in [2.45, 2.75) is 37.2 Å². The quantitative estimate of drug-likeness (QED) is 0.566. The van der Waals surface area contributed by atoms with E-state index in [1.54, 1.807) is 30.4 Å². The number of rotatable bonds is 7. The molecule has 0 spiro atoms. The SMILES string of the molecule is O=C(CSc1ccc2c(c1)CCC2)N(Cc1ccncc1)Cc1cccnc1. The minimum absolute atomic E-state index is 0.131. The zero-order chi connectivity index (χ0) is 19.2. The zero-order valence-corrected chi connectivity index (χ0v) is 16.6. The predicted molar refractivity (Wildman–Crippen MR) is 112 cm³/mol. The Morgan fingerprint density at radius 1 is 0.929 bits per heavy atom. The standard InChI is InChI=1S/C23H23N3OS/c27-23(17-28-22-7-6-20-4-1-5-21(20)13-22)26(15-18-8-11-24-12-9-18)16-19-3-2-10-25-14-19/h2-3,6-14H,1,4-5,15-17H2. The van der Waals surface area contributed by atoms with Gasteiger partial charge in [0.15, 0.2) is 0 Å². The van der Waals surface area contributed by atoms with Gasteiger partial charge in [0.1, 0.15) is 0 Å². The van der Waals surface area contributed by atoms with E-state index in [-0.39, 0.29) is 5.91 Å². The summed E-state index contributed by atoms with van der Waals surface area (Å²) < 4.78 is 0. The molecule has 142 valence electrons. The first-order chi connectivity index (χ1) is 13.8. The zero-order valence-electron chi connectivity index (χ0n) is 15.8. The average Bonchev–Trinajstić information content (AvgIpc) is 3.21. The highest BCUT2D eigenvalue weighted by atomic mass is 32.2. The van der Waals surface area contributed by atoms with Crippen LogP contribution in [-0.2, 0) is 30.7 Å². The summed E-state index contributed by atoms with van der Waals surface area (Å²) in [4.78, 5) is 24.3. The first-order valence-corrected chi connectivity index (χ1v) is 10.6. The summed E-state index contributed by atoms with van der Waals surface area (Å²) in [6.07, 6.45) is 10.7. The van der Waals surface area contributed by atoms with Gasteiger partial charge < -0.3 is 4.90 Å². The highest BCUT2D eigenvalue weighted by Crippen LogP contribution is 2.28. The van der Waals surface area contributed by atoms with Gasteiger partial charge in [-0.05, 0) is 71.8 Å². The van der Waals surface area contributed by atoms with Crippen LogP contribution in [-0.4, -0.2) is 26.5 Å². The van der Waals surface area contributed by atoms with Crippen molar-refractivity contribution in [3.8, 4) is 0 Å². The van der Waals surface area contributed by atoms with E-state index in [4.69, 9.17) is 0 Å². The fourth-order valence-electron chi connectivity index (χ4n) is 3.53. The van der Waals surface area contributed by atoms with Crippen molar-refractivity contribution >= 4 is 17.7 Å². The van der Waals surface area contributed by atoms with Crippen molar-refractivity contribution in [3.63, 3.8) is 0 Å². The summed E-state index contributed by atoms with van der Waals surface area (Å²) in [5, 5.41) is 0. The van der Waals surface area contributed by atoms with Gasteiger partial charge in [0, 0.05) is 42.8 Å². The van der Waals surface area contributed by atoms with Crippen LogP contribution in [0.15, 0.2) is 72.1 Å². The van der Waals surface area contributed by atoms with Crippen LogP contribution in [0, 0.1) is 0 Å². The van der Waals surface area contributed by atoms with Crippen LogP contribution in [0.4, 0.5) is 0 Å². The molecule has 1 aliphatic rings. The fraction of sp³-hybridized carbons (Fsp3) is 0.261. The number of thioether (sulfide) groups is 1. The number of hydrogen-bond donors (Lipinski definition) is 0. The van der Waals surface area contributed by atoms with Gasteiger partial charge in [-0.2, -0.15) is 0 Å². The van der Waals surface area contributed by atoms with Crippen molar-refractivity contribution < 1.29 is 4.79 Å². The van der Waals surface area contributed by atoms with Crippen LogP contribution < -0.4 is 0 Å². The Balaban J connectivity index is 1.44. The molecule has 0 saturated carbocycles. The van der Waals surface area contributed by atoms with E-state index in [1.165, 1.54) is 28.9 Å². The minimum atomic E-state index is 0.131. The molecule has 0 radical (unpaired) electrons. The first kappa shape index (κ1) is 18.7. The Kier molecular flexibility index (Phi) is 6.02. The molecule has 3 aromatic rings. The lowest BCUT2D eigenvalue weighted by molar-refractivity contribution is -0.129. The van der Waals surface area contributed by atoms with Crippen molar-refractivity contribution in [2.24, 2.45) is 0 Å². The van der Waals surface area contributed by atoms with Crippen LogP contribution in [0.2, 0.25) is 0 Å². The van der Waals surface area contributed by atoms with E-state index in [9.17, 15) is 4.79 Å². The Hall–Kier alpha value is -2.66. The first-order valence-electron chi connectivity index (χ1n) is 9.58. The van der Waals surface area contributed by atoms with E-state index in [0.717, 1.165) is 17.5 Å². The molecule has 0 unspecified atom stereocenters. The Labute approximate surface area is 170 Å². The third-order valence-electron chi connectivity index (χ3n) is 5.00. The van der Waals surface area contributed by atoms with Crippen LogP contribution in [0.5, 0.6) is 0 Å². The van der Waals surface area contributed by atoms with Crippen LogP contribution in [0.3, 0.4) is 0 Å².